The van der Waals surface area contributed by atoms with E-state index in [-0.39, 0.29) is 0 Å². The van der Waals surface area contributed by atoms with Crippen LogP contribution in [-0.4, -0.2) is 15.3 Å². The fraction of sp³-hybridized carbons (Fsp3) is 0.333. The first kappa shape index (κ1) is 11.4. The number of aromatic nitrogens is 2. The fourth-order valence-corrected chi connectivity index (χ4v) is 2.98. The molecule has 0 saturated carbocycles. The molecule has 0 unspecified atom stereocenters. The Kier molecular flexibility index (Phi) is 4.20. The van der Waals surface area contributed by atoms with E-state index < -0.39 is 8.45 Å². The fourth-order valence-electron chi connectivity index (χ4n) is 1.42. The highest BCUT2D eigenvalue weighted by Crippen LogP contribution is 2.40. The van der Waals surface area contributed by atoms with E-state index in [9.17, 15) is 0 Å². The summed E-state index contributed by atoms with van der Waals surface area (Å²) >= 11 is 0. The molecule has 2 aromatic heterocycles. The molecule has 0 fully saturated rings. The summed E-state index contributed by atoms with van der Waals surface area (Å²) in [4.78, 5) is 0. The highest BCUT2D eigenvalue weighted by Gasteiger charge is 2.12. The Balaban J connectivity index is 2.08. The summed E-state index contributed by atoms with van der Waals surface area (Å²) in [5.41, 5.74) is 0. The molecule has 16 heavy (non-hydrogen) atoms. The van der Waals surface area contributed by atoms with Crippen LogP contribution in [0, 0.1) is 0 Å². The van der Waals surface area contributed by atoms with E-state index in [1.807, 2.05) is 24.3 Å². The molecule has 2 aromatic rings. The molecule has 0 radical (unpaired) electrons. The summed E-state index contributed by atoms with van der Waals surface area (Å²) in [6.07, 6.45) is 10.5. The van der Waals surface area contributed by atoms with Crippen LogP contribution < -0.4 is 0 Å². The minimum Gasteiger partial charge on any atom is -0.322 e. The second-order valence-electron chi connectivity index (χ2n) is 3.57. The average molecular weight is 236 g/mol. The summed E-state index contributed by atoms with van der Waals surface area (Å²) in [5, 5.41) is 0. The molecule has 2 heterocycles. The van der Waals surface area contributed by atoms with Crippen LogP contribution in [-0.2, 0) is 4.52 Å². The van der Waals surface area contributed by atoms with Gasteiger partial charge in [-0.15, -0.1) is 0 Å². The van der Waals surface area contributed by atoms with Crippen molar-refractivity contribution in [2.75, 3.05) is 6.61 Å². The second kappa shape index (κ2) is 5.88. The van der Waals surface area contributed by atoms with Crippen molar-refractivity contribution in [3.63, 3.8) is 0 Å². The van der Waals surface area contributed by atoms with Gasteiger partial charge in [0.1, 0.15) is 0 Å². The SMILES string of the molecule is CCCCOP(n1cccc1)n1cccc1. The predicted octanol–water partition coefficient (Wildman–Crippen LogP) is 3.73. The highest BCUT2D eigenvalue weighted by molar-refractivity contribution is 7.49. The van der Waals surface area contributed by atoms with Gasteiger partial charge >= 0.3 is 0 Å². The van der Waals surface area contributed by atoms with E-state index in [4.69, 9.17) is 4.52 Å². The van der Waals surface area contributed by atoms with Gasteiger partial charge in [0.25, 0.3) is 8.45 Å². The van der Waals surface area contributed by atoms with Crippen LogP contribution in [0.25, 0.3) is 0 Å². The van der Waals surface area contributed by atoms with Gasteiger partial charge in [0.15, 0.2) is 0 Å². The molecule has 0 bridgehead atoms. The van der Waals surface area contributed by atoms with Gasteiger partial charge in [-0.05, 0) is 30.7 Å². The molecule has 0 aliphatic heterocycles. The lowest BCUT2D eigenvalue weighted by molar-refractivity contribution is 0.333. The minimum atomic E-state index is -0.755. The quantitative estimate of drug-likeness (QED) is 0.552. The van der Waals surface area contributed by atoms with Gasteiger partial charge in [-0.3, -0.25) is 8.68 Å². The van der Waals surface area contributed by atoms with E-state index in [1.165, 1.54) is 6.42 Å². The molecule has 0 aliphatic rings. The molecule has 3 nitrogen and oxygen atoms in total. The van der Waals surface area contributed by atoms with Crippen LogP contribution >= 0.6 is 8.45 Å². The van der Waals surface area contributed by atoms with Crippen LogP contribution in [0.1, 0.15) is 19.8 Å². The summed E-state index contributed by atoms with van der Waals surface area (Å²) < 4.78 is 10.2. The van der Waals surface area contributed by atoms with E-state index in [0.29, 0.717) is 0 Å². The van der Waals surface area contributed by atoms with E-state index in [1.54, 1.807) is 0 Å². The normalized spacial score (nSPS) is 11.1. The lowest BCUT2D eigenvalue weighted by Gasteiger charge is -2.19. The molecule has 0 aromatic carbocycles. The van der Waals surface area contributed by atoms with Gasteiger partial charge in [0.05, 0.1) is 6.61 Å². The van der Waals surface area contributed by atoms with Crippen LogP contribution in [0.3, 0.4) is 0 Å². The van der Waals surface area contributed by atoms with Crippen molar-refractivity contribution in [3.05, 3.63) is 49.1 Å². The zero-order valence-corrected chi connectivity index (χ0v) is 10.4. The third-order valence-corrected chi connectivity index (χ3v) is 4.01. The summed E-state index contributed by atoms with van der Waals surface area (Å²) in [5.74, 6) is 0. The molecule has 0 atom stereocenters. The first-order valence-electron chi connectivity index (χ1n) is 5.61. The molecule has 2 rings (SSSR count). The highest BCUT2D eigenvalue weighted by atomic mass is 31.2. The monoisotopic (exact) mass is 236 g/mol. The summed E-state index contributed by atoms with van der Waals surface area (Å²) in [6, 6.07) is 8.12. The predicted molar refractivity (Wildman–Crippen MR) is 67.4 cm³/mol. The van der Waals surface area contributed by atoms with Gasteiger partial charge in [-0.25, -0.2) is 0 Å². The second-order valence-corrected chi connectivity index (χ2v) is 5.25. The number of hydrogen-bond donors (Lipinski definition) is 0. The topological polar surface area (TPSA) is 19.1 Å². The van der Waals surface area contributed by atoms with Crippen molar-refractivity contribution in [3.8, 4) is 0 Å². The van der Waals surface area contributed by atoms with Crippen molar-refractivity contribution < 1.29 is 4.52 Å². The minimum absolute atomic E-state index is 0.755. The lowest BCUT2D eigenvalue weighted by atomic mass is 10.4. The molecule has 86 valence electrons. The Hall–Kier alpha value is -1.05. The van der Waals surface area contributed by atoms with Crippen LogP contribution in [0.2, 0.25) is 0 Å². The maximum Gasteiger partial charge on any atom is 0.256 e. The summed E-state index contributed by atoms with van der Waals surface area (Å²) in [7, 11) is -0.755. The first-order valence-corrected chi connectivity index (χ1v) is 6.78. The Morgan fingerprint density at radius 1 is 0.938 bits per heavy atom. The first-order chi connectivity index (χ1) is 7.92. The molecule has 0 spiro atoms. The number of rotatable bonds is 6. The van der Waals surface area contributed by atoms with Crippen molar-refractivity contribution in [2.45, 2.75) is 19.8 Å². The third-order valence-electron chi connectivity index (χ3n) is 2.28. The van der Waals surface area contributed by atoms with Crippen molar-refractivity contribution in [2.24, 2.45) is 0 Å². The van der Waals surface area contributed by atoms with Gasteiger partial charge in [-0.2, -0.15) is 0 Å². The molecule has 0 aliphatic carbocycles. The molecular weight excluding hydrogens is 219 g/mol. The zero-order chi connectivity index (χ0) is 11.2. The molecule has 4 heteroatoms. The van der Waals surface area contributed by atoms with Gasteiger partial charge in [0.2, 0.25) is 0 Å². The van der Waals surface area contributed by atoms with Gasteiger partial charge < -0.3 is 4.52 Å². The Morgan fingerprint density at radius 2 is 1.44 bits per heavy atom. The van der Waals surface area contributed by atoms with Crippen molar-refractivity contribution in [1.29, 1.82) is 0 Å². The van der Waals surface area contributed by atoms with Crippen molar-refractivity contribution >= 4 is 8.45 Å². The maximum atomic E-state index is 5.96. The average Bonchev–Trinajstić information content (AvgIpc) is 2.97. The number of hydrogen-bond acceptors (Lipinski definition) is 1. The lowest BCUT2D eigenvalue weighted by Crippen LogP contribution is -2.02. The van der Waals surface area contributed by atoms with Gasteiger partial charge in [0, 0.05) is 24.8 Å². The molecular formula is C12H17N2OP. The molecule has 0 saturated heterocycles. The Morgan fingerprint density at radius 3 is 1.88 bits per heavy atom. The van der Waals surface area contributed by atoms with E-state index in [0.717, 1.165) is 13.0 Å². The smallest absolute Gasteiger partial charge is 0.256 e. The van der Waals surface area contributed by atoms with E-state index >= 15 is 0 Å². The Labute approximate surface area is 97.6 Å². The van der Waals surface area contributed by atoms with Crippen LogP contribution in [0.15, 0.2) is 49.1 Å². The zero-order valence-electron chi connectivity index (χ0n) is 9.49. The standard InChI is InChI=1S/C12H17N2OP/c1-2-3-12-15-16(13-8-4-5-9-13)14-10-6-7-11-14/h4-11H,2-3,12H2,1H3. The van der Waals surface area contributed by atoms with E-state index in [2.05, 4.69) is 40.4 Å². The van der Waals surface area contributed by atoms with Crippen LogP contribution in [0.4, 0.5) is 0 Å². The largest absolute Gasteiger partial charge is 0.322 e. The summed E-state index contributed by atoms with van der Waals surface area (Å²) in [6.45, 7) is 3.00. The van der Waals surface area contributed by atoms with Crippen LogP contribution in [0.5, 0.6) is 0 Å². The maximum absolute atomic E-state index is 5.96. The third kappa shape index (κ3) is 2.75. The Bertz CT molecular complexity index is 349. The number of unbranched alkanes of at least 4 members (excludes halogenated alkanes) is 1. The van der Waals surface area contributed by atoms with Gasteiger partial charge in [-0.1, -0.05) is 13.3 Å². The molecule has 0 N–H and O–H groups in total. The number of nitrogens with zero attached hydrogens (tertiary/aromatic N) is 2. The van der Waals surface area contributed by atoms with Crippen molar-refractivity contribution in [1.82, 2.24) is 8.68 Å². The molecule has 0 amide bonds.